The van der Waals surface area contributed by atoms with Gasteiger partial charge in [0.15, 0.2) is 12.2 Å². The van der Waals surface area contributed by atoms with Gasteiger partial charge in [-0.1, -0.05) is 407 Å². The zero-order chi connectivity index (χ0) is 76.2. The Bertz CT molecular complexity index is 1980. The summed E-state index contributed by atoms with van der Waals surface area (Å²) in [5.41, 5.74) is 0. The van der Waals surface area contributed by atoms with Gasteiger partial charge in [-0.15, -0.1) is 0 Å². The topological polar surface area (TPSA) is 237 Å². The average Bonchev–Trinajstić information content (AvgIpc) is 0.908. The lowest BCUT2D eigenvalue weighted by Crippen LogP contribution is -2.30. The van der Waals surface area contributed by atoms with Crippen molar-refractivity contribution < 1.29 is 80.2 Å². The summed E-state index contributed by atoms with van der Waals surface area (Å²) < 4.78 is 68.8. The normalized spacial score (nSPS) is 13.8. The van der Waals surface area contributed by atoms with Gasteiger partial charge in [0.1, 0.15) is 19.3 Å². The van der Waals surface area contributed by atoms with E-state index in [1.54, 1.807) is 0 Å². The Labute approximate surface area is 638 Å². The molecular formula is C85H166O17P2. The first-order valence-corrected chi connectivity index (χ1v) is 47.1. The number of phosphoric acid groups is 2. The zero-order valence-electron chi connectivity index (χ0n) is 68.2. The van der Waals surface area contributed by atoms with Crippen LogP contribution in [-0.4, -0.2) is 96.7 Å². The third-order valence-electron chi connectivity index (χ3n) is 20.0. The lowest BCUT2D eigenvalue weighted by molar-refractivity contribution is -0.161. The van der Waals surface area contributed by atoms with Crippen molar-refractivity contribution in [3.05, 3.63) is 0 Å². The number of carbonyl (C=O) groups is 4. The molecule has 0 aliphatic heterocycles. The van der Waals surface area contributed by atoms with Gasteiger partial charge in [-0.05, 0) is 31.6 Å². The van der Waals surface area contributed by atoms with Crippen LogP contribution in [0.25, 0.3) is 0 Å². The molecule has 0 aromatic heterocycles. The third-order valence-corrected chi connectivity index (χ3v) is 21.9. The van der Waals surface area contributed by atoms with Crippen molar-refractivity contribution in [2.45, 2.75) is 477 Å². The fraction of sp³-hybridized carbons (Fsp3) is 0.953. The van der Waals surface area contributed by atoms with E-state index in [-0.39, 0.29) is 25.7 Å². The summed E-state index contributed by atoms with van der Waals surface area (Å²) in [7, 11) is -9.92. The molecule has 0 rings (SSSR count). The third kappa shape index (κ3) is 78.2. The Hall–Kier alpha value is -1.94. The molecule has 3 N–H and O–H groups in total. The van der Waals surface area contributed by atoms with Crippen molar-refractivity contribution in [3.63, 3.8) is 0 Å². The predicted octanol–water partition coefficient (Wildman–Crippen LogP) is 26.0. The Morgan fingerprint density at radius 3 is 0.654 bits per heavy atom. The number of rotatable bonds is 85. The molecule has 0 radical (unpaired) electrons. The molecule has 5 atom stereocenters. The summed E-state index contributed by atoms with van der Waals surface area (Å²) in [6.07, 6.45) is 71.1. The molecule has 0 bridgehead atoms. The number of hydrogen-bond acceptors (Lipinski definition) is 15. The molecule has 0 aromatic carbocycles. The molecular weight excluding hydrogens is 1350 g/mol. The van der Waals surface area contributed by atoms with Crippen molar-refractivity contribution in [2.75, 3.05) is 39.6 Å². The van der Waals surface area contributed by atoms with Gasteiger partial charge in [0.25, 0.3) is 0 Å². The molecule has 0 aromatic rings. The van der Waals surface area contributed by atoms with E-state index in [0.717, 1.165) is 95.8 Å². The van der Waals surface area contributed by atoms with Gasteiger partial charge in [-0.25, -0.2) is 9.13 Å². The van der Waals surface area contributed by atoms with E-state index < -0.39 is 97.5 Å². The molecule has 19 heteroatoms. The van der Waals surface area contributed by atoms with Crippen LogP contribution in [0.2, 0.25) is 0 Å². The van der Waals surface area contributed by atoms with Gasteiger partial charge >= 0.3 is 39.5 Å². The summed E-state index contributed by atoms with van der Waals surface area (Å²) >= 11 is 0. The second-order valence-electron chi connectivity index (χ2n) is 31.1. The molecule has 17 nitrogen and oxygen atoms in total. The quantitative estimate of drug-likeness (QED) is 0.0222. The molecule has 0 amide bonds. The van der Waals surface area contributed by atoms with Gasteiger partial charge in [0, 0.05) is 25.7 Å². The fourth-order valence-corrected chi connectivity index (χ4v) is 14.9. The van der Waals surface area contributed by atoms with Crippen LogP contribution in [-0.2, 0) is 65.4 Å². The molecule has 0 fully saturated rings. The number of esters is 4. The number of carbonyl (C=O) groups excluding carboxylic acids is 4. The molecule has 104 heavy (non-hydrogen) atoms. The Morgan fingerprint density at radius 1 is 0.260 bits per heavy atom. The SMILES string of the molecule is CCCCCCCCCCCCCCCCCCCCCCCCC(=O)O[C@H](COC(=O)CCCCCCCCCCCCCCCCCCCCCC)COP(=O)(O)OC[C@@H](O)COP(=O)(O)OC[C@@H](COC(=O)CCCCCCCCCCC)OC(=O)CCCCCCCCCCCCC(C)C. The van der Waals surface area contributed by atoms with Crippen LogP contribution in [0.1, 0.15) is 458 Å². The van der Waals surface area contributed by atoms with E-state index in [9.17, 15) is 43.2 Å². The van der Waals surface area contributed by atoms with Crippen molar-refractivity contribution in [2.24, 2.45) is 5.92 Å². The van der Waals surface area contributed by atoms with Crippen molar-refractivity contribution >= 4 is 39.5 Å². The van der Waals surface area contributed by atoms with E-state index in [4.69, 9.17) is 37.0 Å². The van der Waals surface area contributed by atoms with E-state index in [1.165, 1.54) is 283 Å². The number of ether oxygens (including phenoxy) is 4. The maximum atomic E-state index is 13.1. The van der Waals surface area contributed by atoms with Crippen LogP contribution in [0.15, 0.2) is 0 Å². The lowest BCUT2D eigenvalue weighted by atomic mass is 10.0. The van der Waals surface area contributed by atoms with Gasteiger partial charge in [0.05, 0.1) is 26.4 Å². The van der Waals surface area contributed by atoms with Crippen LogP contribution >= 0.6 is 15.6 Å². The lowest BCUT2D eigenvalue weighted by Gasteiger charge is -2.21. The molecule has 0 heterocycles. The molecule has 618 valence electrons. The fourth-order valence-electron chi connectivity index (χ4n) is 13.3. The average molecular weight is 1520 g/mol. The Morgan fingerprint density at radius 2 is 0.442 bits per heavy atom. The van der Waals surface area contributed by atoms with Crippen molar-refractivity contribution in [3.8, 4) is 0 Å². The summed E-state index contributed by atoms with van der Waals surface area (Å²) in [5, 5.41) is 10.7. The largest absolute Gasteiger partial charge is 0.472 e. The van der Waals surface area contributed by atoms with E-state index in [0.29, 0.717) is 25.7 Å². The standard InChI is InChI=1S/C85H166O17P2/c1-6-9-12-15-18-21-23-25-27-29-31-33-34-36-38-40-42-44-50-55-60-65-70-84(89)101-81(75-96-83(88)69-64-59-54-49-43-41-39-37-35-32-30-28-26-24-22-19-16-13-10-7-2)77-100-104(93,94)98-73-79(86)72-97-103(91,92)99-76-80(74-95-82(87)68-63-58-53-47-20-17-14-11-8-3)102-85(90)71-66-61-56-51-46-45-48-52-57-62-67-78(4)5/h78-81,86H,6-77H2,1-5H3,(H,91,92)(H,93,94)/t79-,80+,81+/m0/s1. The van der Waals surface area contributed by atoms with E-state index in [1.807, 2.05) is 0 Å². The summed E-state index contributed by atoms with van der Waals surface area (Å²) in [6.45, 7) is 7.32. The molecule has 0 aliphatic carbocycles. The maximum Gasteiger partial charge on any atom is 0.472 e. The monoisotopic (exact) mass is 1520 g/mol. The summed E-state index contributed by atoms with van der Waals surface area (Å²) in [4.78, 5) is 73.1. The van der Waals surface area contributed by atoms with Crippen LogP contribution in [0.4, 0.5) is 0 Å². The molecule has 0 spiro atoms. The Kier molecular flexibility index (Phi) is 76.3. The molecule has 0 saturated carbocycles. The van der Waals surface area contributed by atoms with Gasteiger partial charge in [0.2, 0.25) is 0 Å². The number of hydrogen-bond donors (Lipinski definition) is 3. The summed E-state index contributed by atoms with van der Waals surface area (Å²) in [6, 6.07) is 0. The van der Waals surface area contributed by atoms with Gasteiger partial charge in [-0.2, -0.15) is 0 Å². The second kappa shape index (κ2) is 77.8. The number of phosphoric ester groups is 2. The first-order chi connectivity index (χ1) is 50.5. The molecule has 0 saturated heterocycles. The van der Waals surface area contributed by atoms with Gasteiger partial charge in [-0.3, -0.25) is 37.3 Å². The van der Waals surface area contributed by atoms with Crippen molar-refractivity contribution in [1.29, 1.82) is 0 Å². The number of unbranched alkanes of at least 4 members (excludes halogenated alkanes) is 57. The minimum Gasteiger partial charge on any atom is -0.462 e. The van der Waals surface area contributed by atoms with Crippen LogP contribution in [0, 0.1) is 5.92 Å². The first kappa shape index (κ1) is 102. The smallest absolute Gasteiger partial charge is 0.462 e. The Balaban J connectivity index is 5.18. The predicted molar refractivity (Wildman–Crippen MR) is 428 cm³/mol. The van der Waals surface area contributed by atoms with E-state index >= 15 is 0 Å². The highest BCUT2D eigenvalue weighted by molar-refractivity contribution is 7.47. The van der Waals surface area contributed by atoms with Crippen LogP contribution < -0.4 is 0 Å². The van der Waals surface area contributed by atoms with Crippen molar-refractivity contribution in [1.82, 2.24) is 0 Å². The highest BCUT2D eigenvalue weighted by atomic mass is 31.2. The van der Waals surface area contributed by atoms with Gasteiger partial charge < -0.3 is 33.8 Å². The molecule has 0 aliphatic rings. The minimum atomic E-state index is -4.96. The highest BCUT2D eigenvalue weighted by Crippen LogP contribution is 2.45. The number of aliphatic hydroxyl groups is 1. The highest BCUT2D eigenvalue weighted by Gasteiger charge is 2.30. The summed E-state index contributed by atoms with van der Waals surface area (Å²) in [5.74, 6) is -1.35. The molecule has 2 unspecified atom stereocenters. The second-order valence-corrected chi connectivity index (χ2v) is 34.0. The van der Waals surface area contributed by atoms with Crippen LogP contribution in [0.5, 0.6) is 0 Å². The zero-order valence-corrected chi connectivity index (χ0v) is 70.0. The van der Waals surface area contributed by atoms with Crippen LogP contribution in [0.3, 0.4) is 0 Å². The first-order valence-electron chi connectivity index (χ1n) is 44.1. The maximum absolute atomic E-state index is 13.1. The number of aliphatic hydroxyl groups excluding tert-OH is 1. The van der Waals surface area contributed by atoms with E-state index in [2.05, 4.69) is 34.6 Å². The minimum absolute atomic E-state index is 0.106.